The third-order valence-electron chi connectivity index (χ3n) is 2.55. The minimum atomic E-state index is -0.0613. The van der Waals surface area contributed by atoms with Crippen molar-refractivity contribution < 1.29 is 10.0 Å². The summed E-state index contributed by atoms with van der Waals surface area (Å²) in [7, 11) is 1.69. The highest BCUT2D eigenvalue weighted by Gasteiger charge is 2.13. The summed E-state index contributed by atoms with van der Waals surface area (Å²) in [5.41, 5.74) is 6.97. The SMILES string of the molecule is Cc1ccccc1C(=O)N(C)CC/C(N)=N/O. The number of amidine groups is 1. The van der Waals surface area contributed by atoms with Crippen LogP contribution in [-0.4, -0.2) is 35.4 Å². The van der Waals surface area contributed by atoms with Crippen molar-refractivity contribution in [1.29, 1.82) is 0 Å². The fourth-order valence-electron chi connectivity index (χ4n) is 1.45. The first kappa shape index (κ1) is 13.0. The fraction of sp³-hybridized carbons (Fsp3) is 0.333. The molecule has 0 radical (unpaired) electrons. The van der Waals surface area contributed by atoms with Gasteiger partial charge in [-0.25, -0.2) is 0 Å². The monoisotopic (exact) mass is 235 g/mol. The van der Waals surface area contributed by atoms with Gasteiger partial charge in [0.25, 0.3) is 5.91 Å². The van der Waals surface area contributed by atoms with Gasteiger partial charge in [0.2, 0.25) is 0 Å². The first-order valence-electron chi connectivity index (χ1n) is 5.33. The van der Waals surface area contributed by atoms with Crippen LogP contribution in [0.4, 0.5) is 0 Å². The van der Waals surface area contributed by atoms with E-state index in [-0.39, 0.29) is 11.7 Å². The van der Waals surface area contributed by atoms with Gasteiger partial charge in [0.05, 0.1) is 0 Å². The number of nitrogens with two attached hydrogens (primary N) is 1. The molecule has 0 aromatic heterocycles. The van der Waals surface area contributed by atoms with E-state index in [1.165, 1.54) is 0 Å². The maximum absolute atomic E-state index is 12.0. The lowest BCUT2D eigenvalue weighted by molar-refractivity contribution is 0.0798. The molecule has 0 unspecified atom stereocenters. The lowest BCUT2D eigenvalue weighted by Crippen LogP contribution is -2.31. The lowest BCUT2D eigenvalue weighted by Gasteiger charge is -2.17. The molecule has 0 aliphatic carbocycles. The second kappa shape index (κ2) is 5.89. The smallest absolute Gasteiger partial charge is 0.253 e. The lowest BCUT2D eigenvalue weighted by atomic mass is 10.1. The van der Waals surface area contributed by atoms with Crippen molar-refractivity contribution in [3.63, 3.8) is 0 Å². The van der Waals surface area contributed by atoms with E-state index in [4.69, 9.17) is 10.9 Å². The second-order valence-corrected chi connectivity index (χ2v) is 3.88. The van der Waals surface area contributed by atoms with Gasteiger partial charge in [0.15, 0.2) is 0 Å². The Morgan fingerprint density at radius 1 is 1.47 bits per heavy atom. The van der Waals surface area contributed by atoms with Crippen molar-refractivity contribution in [2.24, 2.45) is 10.9 Å². The number of amides is 1. The van der Waals surface area contributed by atoms with Crippen molar-refractivity contribution in [3.05, 3.63) is 35.4 Å². The van der Waals surface area contributed by atoms with E-state index in [1.54, 1.807) is 18.0 Å². The Bertz CT molecular complexity index is 430. The molecule has 0 heterocycles. The Labute approximate surface area is 101 Å². The summed E-state index contributed by atoms with van der Waals surface area (Å²) < 4.78 is 0. The zero-order valence-corrected chi connectivity index (χ0v) is 10.1. The minimum Gasteiger partial charge on any atom is -0.409 e. The highest BCUT2D eigenvalue weighted by Crippen LogP contribution is 2.09. The maximum atomic E-state index is 12.0. The third kappa shape index (κ3) is 3.48. The molecule has 1 aromatic carbocycles. The molecule has 3 N–H and O–H groups in total. The minimum absolute atomic E-state index is 0.0613. The number of carbonyl (C=O) groups excluding carboxylic acids is 1. The predicted molar refractivity (Wildman–Crippen MR) is 66.2 cm³/mol. The molecule has 5 nitrogen and oxygen atoms in total. The first-order valence-corrected chi connectivity index (χ1v) is 5.33. The van der Waals surface area contributed by atoms with Crippen LogP contribution in [0.5, 0.6) is 0 Å². The van der Waals surface area contributed by atoms with Gasteiger partial charge >= 0.3 is 0 Å². The molecule has 1 rings (SSSR count). The molecule has 92 valence electrons. The van der Waals surface area contributed by atoms with Crippen LogP contribution in [0.3, 0.4) is 0 Å². The van der Waals surface area contributed by atoms with Crippen molar-refractivity contribution in [3.8, 4) is 0 Å². The number of hydrogen-bond donors (Lipinski definition) is 2. The second-order valence-electron chi connectivity index (χ2n) is 3.88. The van der Waals surface area contributed by atoms with Gasteiger partial charge in [-0.3, -0.25) is 4.79 Å². The number of carbonyl (C=O) groups is 1. The molecular weight excluding hydrogens is 218 g/mol. The summed E-state index contributed by atoms with van der Waals surface area (Å²) in [5.74, 6) is 0.0586. The van der Waals surface area contributed by atoms with Crippen LogP contribution in [0.15, 0.2) is 29.4 Å². The number of rotatable bonds is 4. The molecule has 0 atom stereocenters. The number of nitrogens with zero attached hydrogens (tertiary/aromatic N) is 2. The molecule has 1 aromatic rings. The predicted octanol–water partition coefficient (Wildman–Crippen LogP) is 1.20. The summed E-state index contributed by atoms with van der Waals surface area (Å²) >= 11 is 0. The van der Waals surface area contributed by atoms with E-state index < -0.39 is 0 Å². The van der Waals surface area contributed by atoms with Crippen molar-refractivity contribution in [2.45, 2.75) is 13.3 Å². The molecule has 0 fully saturated rings. The molecule has 0 spiro atoms. The summed E-state index contributed by atoms with van der Waals surface area (Å²) in [5, 5.41) is 11.3. The number of oxime groups is 1. The van der Waals surface area contributed by atoms with E-state index in [0.29, 0.717) is 18.5 Å². The molecule has 0 aliphatic rings. The topological polar surface area (TPSA) is 78.9 Å². The van der Waals surface area contributed by atoms with E-state index in [0.717, 1.165) is 5.56 Å². The van der Waals surface area contributed by atoms with Gasteiger partial charge in [-0.1, -0.05) is 23.4 Å². The third-order valence-corrected chi connectivity index (χ3v) is 2.55. The van der Waals surface area contributed by atoms with Crippen LogP contribution >= 0.6 is 0 Å². The molecular formula is C12H17N3O2. The first-order chi connectivity index (χ1) is 8.06. The van der Waals surface area contributed by atoms with Crippen molar-refractivity contribution in [2.75, 3.05) is 13.6 Å². The van der Waals surface area contributed by atoms with Gasteiger partial charge < -0.3 is 15.8 Å². The van der Waals surface area contributed by atoms with Crippen LogP contribution in [-0.2, 0) is 0 Å². The molecule has 0 saturated heterocycles. The summed E-state index contributed by atoms with van der Waals surface area (Å²) in [6, 6.07) is 7.41. The fourth-order valence-corrected chi connectivity index (χ4v) is 1.45. The highest BCUT2D eigenvalue weighted by atomic mass is 16.4. The molecule has 0 aliphatic heterocycles. The van der Waals surface area contributed by atoms with Gasteiger partial charge in [0.1, 0.15) is 5.84 Å². The highest BCUT2D eigenvalue weighted by molar-refractivity contribution is 5.95. The van der Waals surface area contributed by atoms with Crippen LogP contribution in [0.25, 0.3) is 0 Å². The molecule has 1 amide bonds. The average Bonchev–Trinajstić information content (AvgIpc) is 2.35. The molecule has 0 bridgehead atoms. The van der Waals surface area contributed by atoms with E-state index in [2.05, 4.69) is 5.16 Å². The molecule has 5 heteroatoms. The average molecular weight is 235 g/mol. The van der Waals surface area contributed by atoms with E-state index in [9.17, 15) is 4.79 Å². The van der Waals surface area contributed by atoms with Gasteiger partial charge in [-0.05, 0) is 18.6 Å². The Hall–Kier alpha value is -2.04. The Balaban J connectivity index is 2.68. The number of hydrogen-bond acceptors (Lipinski definition) is 3. The Kier molecular flexibility index (Phi) is 4.51. The standard InChI is InChI=1S/C12H17N3O2/c1-9-5-3-4-6-10(9)12(16)15(2)8-7-11(13)14-17/h3-6,17H,7-8H2,1-2H3,(H2,13,14). The van der Waals surface area contributed by atoms with Crippen LogP contribution in [0.1, 0.15) is 22.3 Å². The van der Waals surface area contributed by atoms with Gasteiger partial charge in [-0.2, -0.15) is 0 Å². The zero-order valence-electron chi connectivity index (χ0n) is 10.1. The van der Waals surface area contributed by atoms with E-state index in [1.807, 2.05) is 25.1 Å². The van der Waals surface area contributed by atoms with Crippen LogP contribution < -0.4 is 5.73 Å². The number of benzene rings is 1. The van der Waals surface area contributed by atoms with Crippen molar-refractivity contribution in [1.82, 2.24) is 4.90 Å². The van der Waals surface area contributed by atoms with Gasteiger partial charge in [-0.15, -0.1) is 0 Å². The maximum Gasteiger partial charge on any atom is 0.253 e. The quantitative estimate of drug-likeness (QED) is 0.356. The largest absolute Gasteiger partial charge is 0.409 e. The summed E-state index contributed by atoms with van der Waals surface area (Å²) in [6.45, 7) is 2.31. The Morgan fingerprint density at radius 3 is 2.71 bits per heavy atom. The summed E-state index contributed by atoms with van der Waals surface area (Å²) in [6.07, 6.45) is 0.352. The van der Waals surface area contributed by atoms with Crippen LogP contribution in [0.2, 0.25) is 0 Å². The normalized spacial score (nSPS) is 11.3. The summed E-state index contributed by atoms with van der Waals surface area (Å²) in [4.78, 5) is 13.6. The van der Waals surface area contributed by atoms with E-state index >= 15 is 0 Å². The Morgan fingerprint density at radius 2 is 2.12 bits per heavy atom. The zero-order chi connectivity index (χ0) is 12.8. The molecule has 17 heavy (non-hydrogen) atoms. The van der Waals surface area contributed by atoms with Crippen molar-refractivity contribution >= 4 is 11.7 Å². The number of aryl methyl sites for hydroxylation is 1. The van der Waals surface area contributed by atoms with Gasteiger partial charge in [0, 0.05) is 25.6 Å². The molecule has 0 saturated carbocycles. The van der Waals surface area contributed by atoms with Crippen LogP contribution in [0, 0.1) is 6.92 Å².